The Morgan fingerprint density at radius 2 is 1.72 bits per heavy atom. The summed E-state index contributed by atoms with van der Waals surface area (Å²) in [5.74, 6) is -0.279. The molecule has 1 N–H and O–H groups in total. The molecule has 3 rings (SSSR count). The number of nitrogens with zero attached hydrogens (tertiary/aromatic N) is 1. The van der Waals surface area contributed by atoms with E-state index >= 15 is 0 Å². The highest BCUT2D eigenvalue weighted by Crippen LogP contribution is 2.26. The summed E-state index contributed by atoms with van der Waals surface area (Å²) >= 11 is 0. The Morgan fingerprint density at radius 3 is 2.22 bits per heavy atom. The fourth-order valence-corrected chi connectivity index (χ4v) is 2.59. The molecule has 4 nitrogen and oxygen atoms in total. The molecule has 0 spiro atoms. The molecule has 2 heterocycles. The van der Waals surface area contributed by atoms with Crippen LogP contribution in [0.4, 0.5) is 0 Å². The Balaban J connectivity index is 0.00000120. The number of fused-ring (bicyclic) bond motifs is 1. The number of hydrogen-bond donors (Lipinski definition) is 1. The Bertz CT molecular complexity index is 449. The molecule has 0 saturated carbocycles. The third-order valence-corrected chi connectivity index (χ3v) is 3.46. The van der Waals surface area contributed by atoms with Gasteiger partial charge in [0.25, 0.3) is 11.8 Å². The second kappa shape index (κ2) is 5.08. The van der Waals surface area contributed by atoms with Crippen molar-refractivity contribution in [2.45, 2.75) is 18.9 Å². The molecule has 0 aliphatic carbocycles. The van der Waals surface area contributed by atoms with E-state index in [1.807, 2.05) is 0 Å². The van der Waals surface area contributed by atoms with Crippen molar-refractivity contribution in [1.82, 2.24) is 10.2 Å². The van der Waals surface area contributed by atoms with Crippen LogP contribution >= 0.6 is 12.4 Å². The first kappa shape index (κ1) is 13.1. The second-order valence-corrected chi connectivity index (χ2v) is 4.53. The summed E-state index contributed by atoms with van der Waals surface area (Å²) in [7, 11) is 0. The molecular formula is C13H15ClN2O2. The first-order valence-electron chi connectivity index (χ1n) is 5.96. The maximum Gasteiger partial charge on any atom is 0.261 e. The molecule has 1 fully saturated rings. The number of imide groups is 1. The number of carbonyl (C=O) groups excluding carboxylic acids is 2. The molecule has 1 saturated heterocycles. The van der Waals surface area contributed by atoms with E-state index < -0.39 is 0 Å². The maximum atomic E-state index is 12.2. The zero-order chi connectivity index (χ0) is 11.8. The lowest BCUT2D eigenvalue weighted by Gasteiger charge is -2.29. The van der Waals surface area contributed by atoms with Crippen LogP contribution in [0.2, 0.25) is 0 Å². The van der Waals surface area contributed by atoms with Gasteiger partial charge in [-0.05, 0) is 31.5 Å². The van der Waals surface area contributed by atoms with Crippen molar-refractivity contribution in [2.75, 3.05) is 13.1 Å². The van der Waals surface area contributed by atoms with Crippen LogP contribution in [0, 0.1) is 0 Å². The van der Waals surface area contributed by atoms with Crippen LogP contribution in [0.25, 0.3) is 0 Å². The van der Waals surface area contributed by atoms with Crippen LogP contribution in [0.3, 0.4) is 0 Å². The van der Waals surface area contributed by atoms with Gasteiger partial charge in [-0.15, -0.1) is 12.4 Å². The Morgan fingerprint density at radius 1 is 1.11 bits per heavy atom. The lowest BCUT2D eigenvalue weighted by molar-refractivity contribution is 0.0561. The molecule has 0 radical (unpaired) electrons. The number of amides is 2. The van der Waals surface area contributed by atoms with Gasteiger partial charge in [-0.1, -0.05) is 12.1 Å². The average molecular weight is 267 g/mol. The van der Waals surface area contributed by atoms with Crippen molar-refractivity contribution in [1.29, 1.82) is 0 Å². The van der Waals surface area contributed by atoms with E-state index in [1.54, 1.807) is 24.3 Å². The molecule has 2 aliphatic heterocycles. The molecule has 1 atom stereocenters. The fourth-order valence-electron chi connectivity index (χ4n) is 2.59. The van der Waals surface area contributed by atoms with Crippen LogP contribution in [0.5, 0.6) is 0 Å². The number of carbonyl (C=O) groups is 2. The van der Waals surface area contributed by atoms with Crippen LogP contribution in [-0.4, -0.2) is 35.8 Å². The van der Waals surface area contributed by atoms with E-state index in [9.17, 15) is 9.59 Å². The van der Waals surface area contributed by atoms with Crippen LogP contribution < -0.4 is 5.32 Å². The molecule has 1 aromatic carbocycles. The quantitative estimate of drug-likeness (QED) is 0.783. The highest BCUT2D eigenvalue weighted by atomic mass is 35.5. The minimum atomic E-state index is -0.140. The van der Waals surface area contributed by atoms with E-state index in [1.165, 1.54) is 4.90 Å². The third-order valence-electron chi connectivity index (χ3n) is 3.46. The summed E-state index contributed by atoms with van der Waals surface area (Å²) < 4.78 is 0. The molecule has 0 aromatic heterocycles. The van der Waals surface area contributed by atoms with Crippen molar-refractivity contribution in [2.24, 2.45) is 0 Å². The smallest absolute Gasteiger partial charge is 0.261 e. The van der Waals surface area contributed by atoms with Gasteiger partial charge in [-0.2, -0.15) is 0 Å². The van der Waals surface area contributed by atoms with Crippen molar-refractivity contribution < 1.29 is 9.59 Å². The Labute approximate surface area is 112 Å². The fraction of sp³-hybridized carbons (Fsp3) is 0.385. The second-order valence-electron chi connectivity index (χ2n) is 4.53. The zero-order valence-corrected chi connectivity index (χ0v) is 10.7. The largest absolute Gasteiger partial charge is 0.315 e. The number of rotatable bonds is 1. The van der Waals surface area contributed by atoms with Gasteiger partial charge in [-0.3, -0.25) is 14.5 Å². The minimum absolute atomic E-state index is 0. The minimum Gasteiger partial charge on any atom is -0.315 e. The average Bonchev–Trinajstić information content (AvgIpc) is 2.64. The number of halogens is 1. The molecule has 1 unspecified atom stereocenters. The van der Waals surface area contributed by atoms with Gasteiger partial charge in [0.15, 0.2) is 0 Å². The monoisotopic (exact) mass is 266 g/mol. The molecule has 2 aliphatic rings. The van der Waals surface area contributed by atoms with Crippen molar-refractivity contribution >= 4 is 24.2 Å². The van der Waals surface area contributed by atoms with Gasteiger partial charge in [-0.25, -0.2) is 0 Å². The normalized spacial score (nSPS) is 22.7. The number of hydrogen-bond acceptors (Lipinski definition) is 3. The lowest BCUT2D eigenvalue weighted by Crippen LogP contribution is -2.48. The summed E-state index contributed by atoms with van der Waals surface area (Å²) in [5, 5.41) is 3.23. The van der Waals surface area contributed by atoms with E-state index in [2.05, 4.69) is 5.32 Å². The van der Waals surface area contributed by atoms with E-state index in [4.69, 9.17) is 0 Å². The molecule has 1 aromatic rings. The topological polar surface area (TPSA) is 49.4 Å². The van der Waals surface area contributed by atoms with E-state index in [0.717, 1.165) is 19.4 Å². The predicted octanol–water partition coefficient (Wildman–Crippen LogP) is 1.46. The van der Waals surface area contributed by atoms with E-state index in [-0.39, 0.29) is 30.3 Å². The standard InChI is InChI=1S/C13H14N2O2.ClH/c16-12-10-5-1-2-6-11(10)13(17)15(12)9-4-3-7-14-8-9;/h1-2,5-6,9,14H,3-4,7-8H2;1H. The molecule has 5 heteroatoms. The van der Waals surface area contributed by atoms with Crippen LogP contribution in [0.1, 0.15) is 33.6 Å². The van der Waals surface area contributed by atoms with Crippen molar-refractivity contribution in [3.63, 3.8) is 0 Å². The van der Waals surface area contributed by atoms with Gasteiger partial charge in [0.2, 0.25) is 0 Å². The van der Waals surface area contributed by atoms with Crippen molar-refractivity contribution in [3.05, 3.63) is 35.4 Å². The van der Waals surface area contributed by atoms with Gasteiger partial charge in [0, 0.05) is 6.54 Å². The van der Waals surface area contributed by atoms with Gasteiger partial charge >= 0.3 is 0 Å². The van der Waals surface area contributed by atoms with Crippen LogP contribution in [-0.2, 0) is 0 Å². The summed E-state index contributed by atoms with van der Waals surface area (Å²) in [6.07, 6.45) is 1.91. The van der Waals surface area contributed by atoms with Gasteiger partial charge in [0.05, 0.1) is 17.2 Å². The van der Waals surface area contributed by atoms with Gasteiger partial charge in [0.1, 0.15) is 0 Å². The molecule has 96 valence electrons. The summed E-state index contributed by atoms with van der Waals surface area (Å²) in [6.45, 7) is 1.69. The van der Waals surface area contributed by atoms with Gasteiger partial charge < -0.3 is 5.32 Å². The highest BCUT2D eigenvalue weighted by Gasteiger charge is 2.39. The Kier molecular flexibility index (Phi) is 3.68. The van der Waals surface area contributed by atoms with Crippen molar-refractivity contribution in [3.8, 4) is 0 Å². The SMILES string of the molecule is Cl.O=C1c2ccccc2C(=O)N1C1CCCNC1. The molecule has 0 bridgehead atoms. The highest BCUT2D eigenvalue weighted by molar-refractivity contribution is 6.21. The number of piperidine rings is 1. The summed E-state index contributed by atoms with van der Waals surface area (Å²) in [6, 6.07) is 7.06. The third kappa shape index (κ3) is 1.91. The zero-order valence-electron chi connectivity index (χ0n) is 9.89. The molecule has 2 amide bonds. The summed E-state index contributed by atoms with van der Waals surface area (Å²) in [4.78, 5) is 25.8. The molecule has 18 heavy (non-hydrogen) atoms. The Hall–Kier alpha value is -1.39. The number of nitrogens with one attached hydrogen (secondary N) is 1. The first-order chi connectivity index (χ1) is 8.29. The molecular weight excluding hydrogens is 252 g/mol. The van der Waals surface area contributed by atoms with Crippen LogP contribution in [0.15, 0.2) is 24.3 Å². The predicted molar refractivity (Wildman–Crippen MR) is 70.1 cm³/mol. The van der Waals surface area contributed by atoms with E-state index in [0.29, 0.717) is 17.7 Å². The lowest BCUT2D eigenvalue weighted by atomic mass is 10.1. The summed E-state index contributed by atoms with van der Waals surface area (Å²) in [5.41, 5.74) is 1.09. The maximum absolute atomic E-state index is 12.2. The number of benzene rings is 1. The first-order valence-corrected chi connectivity index (χ1v) is 5.96.